The Morgan fingerprint density at radius 1 is 0.250 bits per heavy atom. The first-order chi connectivity index (χ1) is 27.8. The van der Waals surface area contributed by atoms with Crippen molar-refractivity contribution in [2.24, 2.45) is 0 Å². The summed E-state index contributed by atoms with van der Waals surface area (Å²) in [7, 11) is 0. The van der Waals surface area contributed by atoms with Gasteiger partial charge in [-0.1, -0.05) is 133 Å². The van der Waals surface area contributed by atoms with E-state index in [2.05, 4.69) is 180 Å². The molecule has 4 nitrogen and oxygen atoms in total. The Bertz CT molecular complexity index is 2500. The molecular weight excluding hydrogens is 685 g/mol. The first-order valence-corrected chi connectivity index (χ1v) is 18.8. The Labute approximate surface area is 326 Å². The Kier molecular flexibility index (Phi) is 8.47. The van der Waals surface area contributed by atoms with Crippen LogP contribution in [0, 0.1) is 0 Å². The fourth-order valence-corrected chi connectivity index (χ4v) is 7.75. The van der Waals surface area contributed by atoms with Crippen molar-refractivity contribution in [1.29, 1.82) is 0 Å². The minimum Gasteiger partial charge on any atom is -0.449 e. The third kappa shape index (κ3) is 6.00. The van der Waals surface area contributed by atoms with E-state index in [1.807, 2.05) is 48.5 Å². The van der Waals surface area contributed by atoms with Crippen molar-refractivity contribution in [3.63, 3.8) is 0 Å². The zero-order valence-corrected chi connectivity index (χ0v) is 30.5. The van der Waals surface area contributed by atoms with Crippen molar-refractivity contribution < 1.29 is 9.47 Å². The fraction of sp³-hybridized carbons (Fsp3) is 0. The highest BCUT2D eigenvalue weighted by Crippen LogP contribution is 2.57. The quantitative estimate of drug-likeness (QED) is 0.156. The highest BCUT2D eigenvalue weighted by Gasteiger charge is 2.30. The van der Waals surface area contributed by atoms with E-state index in [0.29, 0.717) is 23.0 Å². The molecule has 1 heterocycles. The second kappa shape index (κ2) is 14.3. The van der Waals surface area contributed by atoms with E-state index in [1.54, 1.807) is 0 Å². The van der Waals surface area contributed by atoms with E-state index < -0.39 is 0 Å². The Morgan fingerprint density at radius 2 is 0.518 bits per heavy atom. The molecule has 1 aliphatic heterocycles. The SMILES string of the molecule is c1ccc(N(c2ccccc2)c2ccc(-c3c4c(c(-c5ccc(N(c6ccccc6)c6ccccc6)cc5)c5ccccc35)Oc3ccccc3O4)cc2)cc1. The number of rotatable bonds is 8. The largest absolute Gasteiger partial charge is 0.449 e. The molecule has 0 aromatic heterocycles. The normalized spacial score (nSPS) is 11.5. The van der Waals surface area contributed by atoms with Crippen LogP contribution in [0.5, 0.6) is 23.0 Å². The molecule has 266 valence electrons. The molecule has 0 amide bonds. The van der Waals surface area contributed by atoms with Crippen LogP contribution < -0.4 is 19.3 Å². The van der Waals surface area contributed by atoms with Gasteiger partial charge in [0.15, 0.2) is 23.0 Å². The first-order valence-electron chi connectivity index (χ1n) is 18.8. The van der Waals surface area contributed by atoms with Gasteiger partial charge in [0, 0.05) is 45.3 Å². The lowest BCUT2D eigenvalue weighted by atomic mass is 9.89. The number of anilines is 6. The maximum absolute atomic E-state index is 6.88. The molecule has 9 aromatic carbocycles. The summed E-state index contributed by atoms with van der Waals surface area (Å²) in [5.74, 6) is 2.78. The van der Waals surface area contributed by atoms with Gasteiger partial charge in [-0.25, -0.2) is 0 Å². The molecule has 4 heteroatoms. The molecule has 0 saturated carbocycles. The van der Waals surface area contributed by atoms with Crippen molar-refractivity contribution in [2.45, 2.75) is 0 Å². The van der Waals surface area contributed by atoms with Gasteiger partial charge >= 0.3 is 0 Å². The van der Waals surface area contributed by atoms with Gasteiger partial charge in [0.05, 0.1) is 0 Å². The summed E-state index contributed by atoms with van der Waals surface area (Å²) in [5, 5.41) is 2.17. The van der Waals surface area contributed by atoms with Crippen molar-refractivity contribution in [3.05, 3.63) is 218 Å². The molecule has 0 fully saturated rings. The van der Waals surface area contributed by atoms with E-state index in [9.17, 15) is 0 Å². The highest BCUT2D eigenvalue weighted by atomic mass is 16.6. The molecule has 0 atom stereocenters. The smallest absolute Gasteiger partial charge is 0.179 e. The standard InChI is InChI=1S/C52H36N2O2/c1-5-17-39(18-6-1)53(40-19-7-2-8-20-40)43-33-29-37(30-34-43)49-45-25-13-14-26-46(45)50(52-51(49)55-47-27-15-16-28-48(47)56-52)38-31-35-44(36-32-38)54(41-21-9-3-10-22-41)42-23-11-4-12-24-42/h1-36H. The summed E-state index contributed by atoms with van der Waals surface area (Å²) in [6.45, 7) is 0. The van der Waals surface area contributed by atoms with E-state index in [1.165, 1.54) is 0 Å². The summed E-state index contributed by atoms with van der Waals surface area (Å²) in [4.78, 5) is 4.55. The fourth-order valence-electron chi connectivity index (χ4n) is 7.75. The van der Waals surface area contributed by atoms with Gasteiger partial charge in [-0.2, -0.15) is 0 Å². The van der Waals surface area contributed by atoms with Crippen LogP contribution >= 0.6 is 0 Å². The van der Waals surface area contributed by atoms with E-state index >= 15 is 0 Å². The number of benzene rings is 9. The molecule has 0 spiro atoms. The van der Waals surface area contributed by atoms with Gasteiger partial charge in [0.25, 0.3) is 0 Å². The molecule has 0 unspecified atom stereocenters. The van der Waals surface area contributed by atoms with Crippen molar-refractivity contribution in [1.82, 2.24) is 0 Å². The predicted molar refractivity (Wildman–Crippen MR) is 231 cm³/mol. The average molecular weight is 721 g/mol. The van der Waals surface area contributed by atoms with Crippen LogP contribution in [0.1, 0.15) is 0 Å². The maximum Gasteiger partial charge on any atom is 0.179 e. The van der Waals surface area contributed by atoms with Crippen molar-refractivity contribution >= 4 is 44.9 Å². The number of ether oxygens (including phenoxy) is 2. The predicted octanol–water partition coefficient (Wildman–Crippen LogP) is 15.0. The molecule has 1 aliphatic rings. The van der Waals surface area contributed by atoms with Gasteiger partial charge in [-0.15, -0.1) is 0 Å². The molecule has 0 radical (unpaired) electrons. The molecule has 0 aliphatic carbocycles. The van der Waals surface area contributed by atoms with Crippen LogP contribution in [0.4, 0.5) is 34.1 Å². The molecule has 0 bridgehead atoms. The first kappa shape index (κ1) is 33.0. The lowest BCUT2D eigenvalue weighted by Crippen LogP contribution is -2.09. The lowest BCUT2D eigenvalue weighted by molar-refractivity contribution is 0.362. The monoisotopic (exact) mass is 720 g/mol. The maximum atomic E-state index is 6.88. The molecule has 0 N–H and O–H groups in total. The lowest BCUT2D eigenvalue weighted by Gasteiger charge is -2.28. The molecule has 56 heavy (non-hydrogen) atoms. The third-order valence-electron chi connectivity index (χ3n) is 10.3. The molecule has 0 saturated heterocycles. The minimum absolute atomic E-state index is 0.690. The number of hydrogen-bond acceptors (Lipinski definition) is 4. The molecule has 10 rings (SSSR count). The summed E-state index contributed by atoms with van der Waals surface area (Å²) < 4.78 is 13.8. The topological polar surface area (TPSA) is 24.9 Å². The van der Waals surface area contributed by atoms with Gasteiger partial charge in [-0.05, 0) is 107 Å². The number of nitrogens with zero attached hydrogens (tertiary/aromatic N) is 2. The van der Waals surface area contributed by atoms with E-state index in [-0.39, 0.29) is 0 Å². The number of fused-ring (bicyclic) bond motifs is 3. The summed E-state index contributed by atoms with van der Waals surface area (Å²) >= 11 is 0. The number of para-hydroxylation sites is 6. The highest BCUT2D eigenvalue weighted by molar-refractivity contribution is 6.11. The zero-order valence-electron chi connectivity index (χ0n) is 30.5. The molecular formula is C52H36N2O2. The zero-order chi connectivity index (χ0) is 37.3. The van der Waals surface area contributed by atoms with Crippen LogP contribution in [0.15, 0.2) is 218 Å². The van der Waals surface area contributed by atoms with Crippen LogP contribution in [-0.2, 0) is 0 Å². The van der Waals surface area contributed by atoms with Gasteiger partial charge in [0.2, 0.25) is 0 Å². The second-order valence-corrected chi connectivity index (χ2v) is 13.7. The Balaban J connectivity index is 1.12. The van der Waals surface area contributed by atoms with Crippen LogP contribution in [0.25, 0.3) is 33.0 Å². The summed E-state index contributed by atoms with van der Waals surface area (Å²) in [6, 6.07) is 75.9. The van der Waals surface area contributed by atoms with Crippen LogP contribution in [0.2, 0.25) is 0 Å². The van der Waals surface area contributed by atoms with Gasteiger partial charge in [-0.3, -0.25) is 0 Å². The van der Waals surface area contributed by atoms with Gasteiger partial charge < -0.3 is 19.3 Å². The number of hydrogen-bond donors (Lipinski definition) is 0. The van der Waals surface area contributed by atoms with Crippen molar-refractivity contribution in [3.8, 4) is 45.3 Å². The Hall–Kier alpha value is -7.56. The van der Waals surface area contributed by atoms with Crippen LogP contribution in [-0.4, -0.2) is 0 Å². The summed E-state index contributed by atoms with van der Waals surface area (Å²) in [5.41, 5.74) is 10.5. The van der Waals surface area contributed by atoms with E-state index in [4.69, 9.17) is 9.47 Å². The van der Waals surface area contributed by atoms with Crippen molar-refractivity contribution in [2.75, 3.05) is 9.80 Å². The molecule has 9 aromatic rings. The van der Waals surface area contributed by atoms with E-state index in [0.717, 1.165) is 67.2 Å². The summed E-state index contributed by atoms with van der Waals surface area (Å²) in [6.07, 6.45) is 0. The van der Waals surface area contributed by atoms with Gasteiger partial charge in [0.1, 0.15) is 0 Å². The average Bonchev–Trinajstić information content (AvgIpc) is 3.27. The minimum atomic E-state index is 0.690. The Morgan fingerprint density at radius 3 is 0.839 bits per heavy atom. The third-order valence-corrected chi connectivity index (χ3v) is 10.3. The second-order valence-electron chi connectivity index (χ2n) is 13.7. The van der Waals surface area contributed by atoms with Crippen LogP contribution in [0.3, 0.4) is 0 Å².